The molecule has 1 aromatic rings. The minimum absolute atomic E-state index is 0.0505. The Morgan fingerprint density at radius 3 is 2.79 bits per heavy atom. The molecule has 1 aromatic heterocycles. The molecule has 0 saturated heterocycles. The van der Waals surface area contributed by atoms with Gasteiger partial charge in [0.25, 0.3) is 5.56 Å². The summed E-state index contributed by atoms with van der Waals surface area (Å²) in [5, 5.41) is 0. The predicted octanol–water partition coefficient (Wildman–Crippen LogP) is 0.153. The van der Waals surface area contributed by atoms with Crippen LogP contribution < -0.4 is 5.56 Å². The number of pyridine rings is 1. The van der Waals surface area contributed by atoms with Crippen LogP contribution in [-0.2, 0) is 11.8 Å². The molecule has 1 rings (SSSR count). The molecule has 0 unspecified atom stereocenters. The third-order valence-electron chi connectivity index (χ3n) is 1.76. The first-order valence-corrected chi connectivity index (χ1v) is 3.85. The number of terminal acetylenes is 1. The van der Waals surface area contributed by atoms with Gasteiger partial charge < -0.3 is 9.30 Å². The second-order valence-corrected chi connectivity index (χ2v) is 2.69. The largest absolute Gasteiger partial charge is 0.465 e. The highest BCUT2D eigenvalue weighted by Gasteiger charge is 2.12. The Morgan fingerprint density at radius 1 is 1.64 bits per heavy atom. The van der Waals surface area contributed by atoms with Crippen molar-refractivity contribution in [3.63, 3.8) is 0 Å². The van der Waals surface area contributed by atoms with Gasteiger partial charge in [-0.25, -0.2) is 4.79 Å². The zero-order valence-corrected chi connectivity index (χ0v) is 7.90. The molecule has 0 amide bonds. The normalized spacial score (nSPS) is 9.21. The van der Waals surface area contributed by atoms with E-state index >= 15 is 0 Å². The lowest BCUT2D eigenvalue weighted by Crippen LogP contribution is -2.24. The van der Waals surface area contributed by atoms with Gasteiger partial charge >= 0.3 is 5.97 Å². The van der Waals surface area contributed by atoms with Crippen LogP contribution in [0.15, 0.2) is 17.1 Å². The molecule has 0 aliphatic rings. The Morgan fingerprint density at radius 2 is 2.29 bits per heavy atom. The maximum atomic E-state index is 11.4. The number of hydrogen-bond donors (Lipinski definition) is 0. The summed E-state index contributed by atoms with van der Waals surface area (Å²) in [4.78, 5) is 22.6. The van der Waals surface area contributed by atoms with Crippen LogP contribution in [0, 0.1) is 12.3 Å². The van der Waals surface area contributed by atoms with Gasteiger partial charge in [0.15, 0.2) is 0 Å². The predicted molar refractivity (Wildman–Crippen MR) is 51.0 cm³/mol. The summed E-state index contributed by atoms with van der Waals surface area (Å²) in [6.45, 7) is 0. The number of aryl methyl sites for hydroxylation is 1. The van der Waals surface area contributed by atoms with Gasteiger partial charge in [-0.1, -0.05) is 5.92 Å². The summed E-state index contributed by atoms with van der Waals surface area (Å²) in [7, 11) is 2.74. The minimum atomic E-state index is -0.678. The Balaban J connectivity index is 3.44. The molecular weight excluding hydrogens is 182 g/mol. The van der Waals surface area contributed by atoms with Crippen molar-refractivity contribution < 1.29 is 9.53 Å². The van der Waals surface area contributed by atoms with Crippen molar-refractivity contribution in [1.82, 2.24) is 4.57 Å². The van der Waals surface area contributed by atoms with Gasteiger partial charge in [0, 0.05) is 18.8 Å². The Hall–Kier alpha value is -2.02. The van der Waals surface area contributed by atoms with E-state index in [1.807, 2.05) is 0 Å². The van der Waals surface area contributed by atoms with E-state index in [0.29, 0.717) is 5.56 Å². The molecule has 4 heteroatoms. The van der Waals surface area contributed by atoms with Gasteiger partial charge in [-0.2, -0.15) is 0 Å². The van der Waals surface area contributed by atoms with E-state index in [-0.39, 0.29) is 5.56 Å². The summed E-state index contributed by atoms with van der Waals surface area (Å²) in [6.07, 6.45) is 6.64. The second-order valence-electron chi connectivity index (χ2n) is 2.69. The van der Waals surface area contributed by atoms with E-state index < -0.39 is 11.5 Å². The quantitative estimate of drug-likeness (QED) is 0.469. The molecule has 0 spiro atoms. The number of hydrogen-bond acceptors (Lipinski definition) is 3. The molecule has 0 atom stereocenters. The molecule has 0 aromatic carbocycles. The fourth-order valence-electron chi connectivity index (χ4n) is 1.05. The zero-order valence-electron chi connectivity index (χ0n) is 7.90. The van der Waals surface area contributed by atoms with Crippen LogP contribution in [0.2, 0.25) is 0 Å². The molecule has 0 fully saturated rings. The lowest BCUT2D eigenvalue weighted by molar-refractivity contribution is 0.0598. The Labute approximate surface area is 81.1 Å². The van der Waals surface area contributed by atoms with Gasteiger partial charge in [-0.05, 0) is 6.07 Å². The minimum Gasteiger partial charge on any atom is -0.465 e. The number of rotatable bonds is 1. The average molecular weight is 191 g/mol. The number of carbonyl (C=O) groups is 1. The van der Waals surface area contributed by atoms with Crippen molar-refractivity contribution in [3.8, 4) is 12.3 Å². The fourth-order valence-corrected chi connectivity index (χ4v) is 1.05. The molecule has 0 radical (unpaired) electrons. The maximum Gasteiger partial charge on any atom is 0.343 e. The van der Waals surface area contributed by atoms with E-state index in [2.05, 4.69) is 10.7 Å². The van der Waals surface area contributed by atoms with Crippen LogP contribution in [0.4, 0.5) is 0 Å². The fraction of sp³-hybridized carbons (Fsp3) is 0.200. The number of ether oxygens (including phenoxy) is 1. The highest BCUT2D eigenvalue weighted by molar-refractivity contribution is 5.89. The molecule has 72 valence electrons. The summed E-state index contributed by atoms with van der Waals surface area (Å²) >= 11 is 0. The molecule has 0 aliphatic carbocycles. The zero-order chi connectivity index (χ0) is 10.7. The monoisotopic (exact) mass is 191 g/mol. The highest BCUT2D eigenvalue weighted by atomic mass is 16.5. The molecule has 0 aliphatic heterocycles. The smallest absolute Gasteiger partial charge is 0.343 e. The summed E-state index contributed by atoms with van der Waals surface area (Å²) in [5.74, 6) is 1.67. The number of esters is 1. The van der Waals surface area contributed by atoms with Gasteiger partial charge in [-0.3, -0.25) is 4.79 Å². The molecule has 4 nitrogen and oxygen atoms in total. The average Bonchev–Trinajstić information content (AvgIpc) is 2.20. The maximum absolute atomic E-state index is 11.4. The van der Waals surface area contributed by atoms with Crippen LogP contribution in [0.3, 0.4) is 0 Å². The van der Waals surface area contributed by atoms with Gasteiger partial charge in [-0.15, -0.1) is 6.42 Å². The van der Waals surface area contributed by atoms with E-state index in [9.17, 15) is 9.59 Å². The lowest BCUT2D eigenvalue weighted by atomic mass is 10.2. The van der Waals surface area contributed by atoms with Crippen LogP contribution >= 0.6 is 0 Å². The van der Waals surface area contributed by atoms with Crippen molar-refractivity contribution >= 4 is 5.97 Å². The topological polar surface area (TPSA) is 48.3 Å². The molecular formula is C10H9NO3. The van der Waals surface area contributed by atoms with Crippen molar-refractivity contribution in [2.75, 3.05) is 7.11 Å². The molecule has 14 heavy (non-hydrogen) atoms. The van der Waals surface area contributed by atoms with Crippen molar-refractivity contribution in [2.24, 2.45) is 7.05 Å². The first-order valence-electron chi connectivity index (χ1n) is 3.85. The van der Waals surface area contributed by atoms with Crippen molar-refractivity contribution in [1.29, 1.82) is 0 Å². The van der Waals surface area contributed by atoms with E-state index in [4.69, 9.17) is 6.42 Å². The van der Waals surface area contributed by atoms with Gasteiger partial charge in [0.05, 0.1) is 7.11 Å². The lowest BCUT2D eigenvalue weighted by Gasteiger charge is -2.02. The summed E-state index contributed by atoms with van der Waals surface area (Å²) < 4.78 is 5.70. The van der Waals surface area contributed by atoms with E-state index in [1.165, 1.54) is 31.0 Å². The summed E-state index contributed by atoms with van der Waals surface area (Å²) in [6, 6.07) is 1.34. The van der Waals surface area contributed by atoms with Crippen LogP contribution in [0.5, 0.6) is 0 Å². The number of methoxy groups -OCH3 is 1. The molecule has 0 N–H and O–H groups in total. The van der Waals surface area contributed by atoms with Crippen molar-refractivity contribution in [2.45, 2.75) is 0 Å². The highest BCUT2D eigenvalue weighted by Crippen LogP contribution is 1.99. The first-order chi connectivity index (χ1) is 6.60. The summed E-state index contributed by atoms with van der Waals surface area (Å²) in [5.41, 5.74) is -0.00574. The SMILES string of the molecule is C#Cc1cc(C(=O)OC)c(=O)n(C)c1. The van der Waals surface area contributed by atoms with Gasteiger partial charge in [0.2, 0.25) is 0 Å². The number of aromatic nitrogens is 1. The van der Waals surface area contributed by atoms with Crippen LogP contribution in [-0.4, -0.2) is 17.6 Å². The van der Waals surface area contributed by atoms with Crippen molar-refractivity contribution in [3.05, 3.63) is 33.7 Å². The number of carbonyl (C=O) groups excluding carboxylic acids is 1. The molecule has 1 heterocycles. The molecule has 0 saturated carbocycles. The van der Waals surface area contributed by atoms with Gasteiger partial charge in [0.1, 0.15) is 5.56 Å². The number of nitrogens with zero attached hydrogens (tertiary/aromatic N) is 1. The standard InChI is InChI=1S/C10H9NO3/c1-4-7-5-8(10(13)14-3)9(12)11(2)6-7/h1,5-6H,2-3H3. The third-order valence-corrected chi connectivity index (χ3v) is 1.76. The van der Waals surface area contributed by atoms with E-state index in [0.717, 1.165) is 0 Å². The van der Waals surface area contributed by atoms with Crippen LogP contribution in [0.25, 0.3) is 0 Å². The van der Waals surface area contributed by atoms with E-state index in [1.54, 1.807) is 0 Å². The molecule has 0 bridgehead atoms. The first kappa shape index (κ1) is 10.1. The Kier molecular flexibility index (Phi) is 2.73. The third kappa shape index (κ3) is 1.67. The Bertz CT molecular complexity index is 465. The second kappa shape index (κ2) is 3.79. The van der Waals surface area contributed by atoms with Crippen LogP contribution in [0.1, 0.15) is 15.9 Å².